The molecule has 17 heavy (non-hydrogen) atoms. The second kappa shape index (κ2) is 6.78. The predicted octanol–water partition coefficient (Wildman–Crippen LogP) is 2.15. The van der Waals surface area contributed by atoms with Gasteiger partial charge in [0.05, 0.1) is 7.11 Å². The smallest absolute Gasteiger partial charge is 0.315 e. The lowest BCUT2D eigenvalue weighted by atomic mass is 10.2. The number of ether oxygens (including phenoxy) is 1. The van der Waals surface area contributed by atoms with Crippen molar-refractivity contribution >= 4 is 6.03 Å². The molecule has 0 unspecified atom stereocenters. The van der Waals surface area contributed by atoms with Gasteiger partial charge < -0.3 is 15.4 Å². The summed E-state index contributed by atoms with van der Waals surface area (Å²) in [5.41, 5.74) is 1.02. The Morgan fingerprint density at radius 1 is 1.35 bits per heavy atom. The molecule has 1 rings (SSSR count). The van der Waals surface area contributed by atoms with E-state index < -0.39 is 0 Å². The van der Waals surface area contributed by atoms with Crippen molar-refractivity contribution in [2.75, 3.05) is 13.7 Å². The van der Waals surface area contributed by atoms with Gasteiger partial charge in [0.15, 0.2) is 0 Å². The van der Waals surface area contributed by atoms with Crippen molar-refractivity contribution in [3.63, 3.8) is 0 Å². The van der Waals surface area contributed by atoms with Crippen molar-refractivity contribution in [1.29, 1.82) is 0 Å². The molecular weight excluding hydrogens is 216 g/mol. The van der Waals surface area contributed by atoms with E-state index in [1.54, 1.807) is 7.11 Å². The van der Waals surface area contributed by atoms with Gasteiger partial charge in [0, 0.05) is 13.1 Å². The highest BCUT2D eigenvalue weighted by Gasteiger charge is 2.01. The van der Waals surface area contributed by atoms with Gasteiger partial charge in [-0.25, -0.2) is 4.79 Å². The van der Waals surface area contributed by atoms with Gasteiger partial charge in [-0.1, -0.05) is 26.0 Å². The van der Waals surface area contributed by atoms with Crippen LogP contribution in [0.15, 0.2) is 24.3 Å². The van der Waals surface area contributed by atoms with Gasteiger partial charge >= 0.3 is 6.03 Å². The standard InChI is InChI=1S/C13H20N2O2/c1-10(2)8-14-13(16)15-9-11-5-4-6-12(7-11)17-3/h4-7,10H,8-9H2,1-3H3,(H2,14,15,16). The van der Waals surface area contributed by atoms with Gasteiger partial charge in [-0.15, -0.1) is 0 Å². The Kier molecular flexibility index (Phi) is 5.33. The van der Waals surface area contributed by atoms with Gasteiger partial charge in [0.1, 0.15) is 5.75 Å². The van der Waals surface area contributed by atoms with Gasteiger partial charge in [0.25, 0.3) is 0 Å². The monoisotopic (exact) mass is 236 g/mol. The number of urea groups is 1. The fourth-order valence-corrected chi connectivity index (χ4v) is 1.32. The van der Waals surface area contributed by atoms with E-state index in [0.717, 1.165) is 11.3 Å². The summed E-state index contributed by atoms with van der Waals surface area (Å²) in [6.45, 7) is 5.30. The molecule has 0 fully saturated rings. The minimum atomic E-state index is -0.137. The fourth-order valence-electron chi connectivity index (χ4n) is 1.32. The molecule has 0 radical (unpaired) electrons. The Hall–Kier alpha value is -1.71. The van der Waals surface area contributed by atoms with Crippen molar-refractivity contribution in [2.24, 2.45) is 5.92 Å². The number of amides is 2. The maximum atomic E-state index is 11.4. The number of hydrogen-bond donors (Lipinski definition) is 2. The third kappa shape index (κ3) is 5.24. The molecule has 0 bridgehead atoms. The molecule has 2 N–H and O–H groups in total. The first kappa shape index (κ1) is 13.4. The molecule has 0 aromatic heterocycles. The minimum absolute atomic E-state index is 0.137. The molecule has 1 aromatic rings. The molecule has 1 aromatic carbocycles. The summed E-state index contributed by atoms with van der Waals surface area (Å²) in [5.74, 6) is 1.25. The summed E-state index contributed by atoms with van der Waals surface area (Å²) in [6, 6.07) is 7.50. The molecule has 2 amide bonds. The normalized spacial score (nSPS) is 10.1. The zero-order chi connectivity index (χ0) is 12.7. The van der Waals surface area contributed by atoms with Crippen LogP contribution in [-0.4, -0.2) is 19.7 Å². The molecule has 4 heteroatoms. The Balaban J connectivity index is 2.36. The van der Waals surface area contributed by atoms with Gasteiger partial charge in [-0.2, -0.15) is 0 Å². The van der Waals surface area contributed by atoms with E-state index in [1.807, 2.05) is 24.3 Å². The lowest BCUT2D eigenvalue weighted by Gasteiger charge is -2.10. The van der Waals surface area contributed by atoms with E-state index in [9.17, 15) is 4.79 Å². The second-order valence-corrected chi connectivity index (χ2v) is 4.31. The second-order valence-electron chi connectivity index (χ2n) is 4.31. The number of nitrogens with one attached hydrogen (secondary N) is 2. The van der Waals surface area contributed by atoms with E-state index >= 15 is 0 Å². The van der Waals surface area contributed by atoms with Crippen LogP contribution in [0.4, 0.5) is 4.79 Å². The lowest BCUT2D eigenvalue weighted by molar-refractivity contribution is 0.239. The zero-order valence-electron chi connectivity index (χ0n) is 10.6. The van der Waals surface area contributed by atoms with Crippen LogP contribution in [0.1, 0.15) is 19.4 Å². The summed E-state index contributed by atoms with van der Waals surface area (Å²) in [6.07, 6.45) is 0. The molecule has 0 saturated carbocycles. The van der Waals surface area contributed by atoms with Crippen LogP contribution < -0.4 is 15.4 Å². The Labute approximate surface area is 102 Å². The molecule has 0 aliphatic heterocycles. The van der Waals surface area contributed by atoms with Crippen molar-refractivity contribution in [3.8, 4) is 5.75 Å². The third-order valence-electron chi connectivity index (χ3n) is 2.26. The van der Waals surface area contributed by atoms with Gasteiger partial charge in [-0.05, 0) is 23.6 Å². The minimum Gasteiger partial charge on any atom is -0.497 e. The Morgan fingerprint density at radius 3 is 2.76 bits per heavy atom. The summed E-state index contributed by atoms with van der Waals surface area (Å²) in [5, 5.41) is 5.60. The van der Waals surface area contributed by atoms with Crippen LogP contribution in [-0.2, 0) is 6.54 Å². The summed E-state index contributed by atoms with van der Waals surface area (Å²) in [4.78, 5) is 11.4. The molecule has 0 aliphatic rings. The molecular formula is C13H20N2O2. The number of hydrogen-bond acceptors (Lipinski definition) is 2. The molecule has 4 nitrogen and oxygen atoms in total. The first-order valence-electron chi connectivity index (χ1n) is 5.76. The quantitative estimate of drug-likeness (QED) is 0.823. The van der Waals surface area contributed by atoms with Crippen LogP contribution in [0.5, 0.6) is 5.75 Å². The van der Waals surface area contributed by atoms with Crippen LogP contribution in [0.25, 0.3) is 0 Å². The number of rotatable bonds is 5. The Bertz CT molecular complexity index is 364. The molecule has 0 spiro atoms. The molecule has 0 atom stereocenters. The SMILES string of the molecule is COc1cccc(CNC(=O)NCC(C)C)c1. The van der Waals surface area contributed by atoms with Crippen molar-refractivity contribution in [3.05, 3.63) is 29.8 Å². The Morgan fingerprint density at radius 2 is 2.12 bits per heavy atom. The molecule has 0 heterocycles. The average molecular weight is 236 g/mol. The maximum Gasteiger partial charge on any atom is 0.315 e. The number of methoxy groups -OCH3 is 1. The summed E-state index contributed by atoms with van der Waals surface area (Å²) in [7, 11) is 1.63. The molecule has 0 saturated heterocycles. The van der Waals surface area contributed by atoms with Crippen molar-refractivity contribution in [1.82, 2.24) is 10.6 Å². The van der Waals surface area contributed by atoms with Gasteiger partial charge in [0.2, 0.25) is 0 Å². The highest BCUT2D eigenvalue weighted by atomic mass is 16.5. The average Bonchev–Trinajstić information content (AvgIpc) is 2.34. The highest BCUT2D eigenvalue weighted by molar-refractivity contribution is 5.73. The highest BCUT2D eigenvalue weighted by Crippen LogP contribution is 2.11. The third-order valence-corrected chi connectivity index (χ3v) is 2.26. The van der Waals surface area contributed by atoms with Crippen LogP contribution in [0.3, 0.4) is 0 Å². The van der Waals surface area contributed by atoms with E-state index in [-0.39, 0.29) is 6.03 Å². The zero-order valence-corrected chi connectivity index (χ0v) is 10.6. The number of carbonyl (C=O) groups excluding carboxylic acids is 1. The number of carbonyl (C=O) groups is 1. The van der Waals surface area contributed by atoms with Crippen molar-refractivity contribution < 1.29 is 9.53 Å². The predicted molar refractivity (Wildman–Crippen MR) is 68.1 cm³/mol. The summed E-state index contributed by atoms with van der Waals surface area (Å²) >= 11 is 0. The van der Waals surface area contributed by atoms with E-state index in [1.165, 1.54) is 0 Å². The van der Waals surface area contributed by atoms with Crippen molar-refractivity contribution in [2.45, 2.75) is 20.4 Å². The molecule has 94 valence electrons. The largest absolute Gasteiger partial charge is 0.497 e. The van der Waals surface area contributed by atoms with Crippen LogP contribution in [0, 0.1) is 5.92 Å². The topological polar surface area (TPSA) is 50.4 Å². The van der Waals surface area contributed by atoms with Crippen LogP contribution in [0.2, 0.25) is 0 Å². The van der Waals surface area contributed by atoms with Crippen LogP contribution >= 0.6 is 0 Å². The van der Waals surface area contributed by atoms with E-state index in [2.05, 4.69) is 24.5 Å². The first-order valence-corrected chi connectivity index (χ1v) is 5.76. The summed E-state index contributed by atoms with van der Waals surface area (Å²) < 4.78 is 5.11. The maximum absolute atomic E-state index is 11.4. The number of benzene rings is 1. The van der Waals surface area contributed by atoms with E-state index in [4.69, 9.17) is 4.74 Å². The molecule has 0 aliphatic carbocycles. The van der Waals surface area contributed by atoms with Gasteiger partial charge in [-0.3, -0.25) is 0 Å². The first-order chi connectivity index (χ1) is 8.11. The fraction of sp³-hybridized carbons (Fsp3) is 0.462. The van der Waals surface area contributed by atoms with E-state index in [0.29, 0.717) is 19.0 Å². The lowest BCUT2D eigenvalue weighted by Crippen LogP contribution is -2.36.